The normalized spacial score (nSPS) is 12.5. The van der Waals surface area contributed by atoms with Crippen molar-refractivity contribution < 1.29 is 14.3 Å². The molecule has 0 bridgehead atoms. The number of benzene rings is 1. The van der Waals surface area contributed by atoms with Crippen LogP contribution in [-0.2, 0) is 16.1 Å². The number of esters is 1. The van der Waals surface area contributed by atoms with Crippen molar-refractivity contribution in [1.82, 2.24) is 4.57 Å². The zero-order valence-corrected chi connectivity index (χ0v) is 19.6. The maximum Gasteiger partial charge on any atom is 0.349 e. The summed E-state index contributed by atoms with van der Waals surface area (Å²) in [4.78, 5) is 25.3. The fourth-order valence-electron chi connectivity index (χ4n) is 3.40. The lowest BCUT2D eigenvalue weighted by atomic mass is 10.0. The van der Waals surface area contributed by atoms with Gasteiger partial charge in [-0.2, -0.15) is 5.26 Å². The Morgan fingerprint density at radius 1 is 1.10 bits per heavy atom. The van der Waals surface area contributed by atoms with Gasteiger partial charge in [-0.25, -0.2) is 4.79 Å². The van der Waals surface area contributed by atoms with Crippen molar-refractivity contribution >= 4 is 17.8 Å². The Kier molecular flexibility index (Phi) is 7.99. The number of hydrogen-bond acceptors (Lipinski definition) is 4. The molecule has 1 atom stereocenters. The van der Waals surface area contributed by atoms with Gasteiger partial charge in [0.25, 0.3) is 0 Å². The highest BCUT2D eigenvalue weighted by atomic mass is 16.5. The first kappa shape index (κ1) is 24.1. The third-order valence-electron chi connectivity index (χ3n) is 5.63. The monoisotopic (exact) mass is 420 g/mol. The van der Waals surface area contributed by atoms with Gasteiger partial charge in [-0.15, -0.1) is 0 Å². The highest BCUT2D eigenvalue weighted by Gasteiger charge is 2.22. The van der Waals surface area contributed by atoms with E-state index in [0.29, 0.717) is 11.5 Å². The third-order valence-corrected chi connectivity index (χ3v) is 5.63. The van der Waals surface area contributed by atoms with Crippen LogP contribution in [0.1, 0.15) is 65.6 Å². The first-order valence-electron chi connectivity index (χ1n) is 10.7. The summed E-state index contributed by atoms with van der Waals surface area (Å²) in [5.41, 5.74) is 5.33. The average Bonchev–Trinajstić information content (AvgIpc) is 2.98. The van der Waals surface area contributed by atoms with Gasteiger partial charge in [0.1, 0.15) is 11.6 Å². The number of aromatic nitrogens is 1. The summed E-state index contributed by atoms with van der Waals surface area (Å²) in [6.07, 6.45) is 1.61. The van der Waals surface area contributed by atoms with Crippen molar-refractivity contribution in [3.63, 3.8) is 0 Å². The Morgan fingerprint density at radius 3 is 2.35 bits per heavy atom. The van der Waals surface area contributed by atoms with E-state index in [1.807, 2.05) is 45.9 Å². The van der Waals surface area contributed by atoms with Crippen LogP contribution in [0.4, 0.5) is 0 Å². The van der Waals surface area contributed by atoms with Crippen LogP contribution in [0.25, 0.3) is 6.08 Å². The van der Waals surface area contributed by atoms with Crippen LogP contribution in [0.3, 0.4) is 0 Å². The van der Waals surface area contributed by atoms with Crippen molar-refractivity contribution in [2.45, 2.75) is 67.5 Å². The molecular weight excluding hydrogens is 388 g/mol. The summed E-state index contributed by atoms with van der Waals surface area (Å²) in [5.74, 6) is -0.499. The van der Waals surface area contributed by atoms with Crippen LogP contribution in [0.2, 0.25) is 0 Å². The van der Waals surface area contributed by atoms with E-state index in [1.54, 1.807) is 18.2 Å². The number of ether oxygens (including phenoxy) is 1. The number of nitrogens with zero attached hydrogens (tertiary/aromatic N) is 2. The lowest BCUT2D eigenvalue weighted by molar-refractivity contribution is -0.141. The van der Waals surface area contributed by atoms with Gasteiger partial charge in [0, 0.05) is 23.5 Å². The Labute approximate surface area is 185 Å². The Morgan fingerprint density at radius 2 is 1.77 bits per heavy atom. The van der Waals surface area contributed by atoms with E-state index in [0.717, 1.165) is 41.0 Å². The van der Waals surface area contributed by atoms with Crippen molar-refractivity contribution in [2.75, 3.05) is 0 Å². The molecular formula is C26H32N2O3. The quantitative estimate of drug-likeness (QED) is 0.245. The standard InChI is InChI=1S/C26H32N2O3/c1-16(2)10-11-28-19(5)13-23(20(28)6)14-24(15-27)26(30)31-21(7)25(29)22-9-8-17(3)18(4)12-22/h8-9,12-14,16,21H,10-11H2,1-7H3/b24-14+/t21-/m0/s1. The van der Waals surface area contributed by atoms with Gasteiger partial charge >= 0.3 is 5.97 Å². The number of carbonyl (C=O) groups excluding carboxylic acids is 2. The smallest absolute Gasteiger partial charge is 0.349 e. The van der Waals surface area contributed by atoms with Gasteiger partial charge in [-0.3, -0.25) is 4.79 Å². The number of nitriles is 1. The summed E-state index contributed by atoms with van der Waals surface area (Å²) >= 11 is 0. The van der Waals surface area contributed by atoms with Crippen molar-refractivity contribution in [2.24, 2.45) is 5.92 Å². The molecule has 31 heavy (non-hydrogen) atoms. The molecule has 0 aliphatic rings. The van der Waals surface area contributed by atoms with Gasteiger partial charge in [0.2, 0.25) is 5.78 Å². The maximum absolute atomic E-state index is 12.7. The first-order valence-corrected chi connectivity index (χ1v) is 10.7. The van der Waals surface area contributed by atoms with Crippen molar-refractivity contribution in [3.05, 3.63) is 63.5 Å². The molecule has 0 aliphatic heterocycles. The SMILES string of the molecule is Cc1ccc(C(=O)[C@H](C)OC(=O)/C(C#N)=C/c2cc(C)n(CCC(C)C)c2C)cc1C. The molecule has 2 rings (SSSR count). The second-order valence-electron chi connectivity index (χ2n) is 8.54. The van der Waals surface area contributed by atoms with Gasteiger partial charge in [0.15, 0.2) is 6.10 Å². The molecule has 0 saturated carbocycles. The molecule has 0 aliphatic carbocycles. The van der Waals surface area contributed by atoms with Gasteiger partial charge < -0.3 is 9.30 Å². The first-order chi connectivity index (χ1) is 14.5. The zero-order valence-electron chi connectivity index (χ0n) is 19.6. The number of ketones is 1. The van der Waals surface area contributed by atoms with Crippen LogP contribution < -0.4 is 0 Å². The third kappa shape index (κ3) is 5.95. The fraction of sp³-hybridized carbons (Fsp3) is 0.423. The van der Waals surface area contributed by atoms with E-state index < -0.39 is 12.1 Å². The van der Waals surface area contributed by atoms with Crippen LogP contribution in [-0.4, -0.2) is 22.4 Å². The van der Waals surface area contributed by atoms with E-state index in [9.17, 15) is 14.9 Å². The van der Waals surface area contributed by atoms with E-state index in [-0.39, 0.29) is 11.4 Å². The molecule has 5 heteroatoms. The summed E-state index contributed by atoms with van der Waals surface area (Å²) in [7, 11) is 0. The minimum atomic E-state index is -0.982. The highest BCUT2D eigenvalue weighted by molar-refractivity contribution is 6.03. The molecule has 2 aromatic rings. The molecule has 0 amide bonds. The molecule has 1 heterocycles. The molecule has 5 nitrogen and oxygen atoms in total. The molecule has 1 aromatic carbocycles. The van der Waals surface area contributed by atoms with Crippen molar-refractivity contribution in [3.8, 4) is 6.07 Å². The number of rotatable bonds is 8. The van der Waals surface area contributed by atoms with E-state index >= 15 is 0 Å². The predicted molar refractivity (Wildman–Crippen MR) is 123 cm³/mol. The van der Waals surface area contributed by atoms with Gasteiger partial charge in [0.05, 0.1) is 0 Å². The van der Waals surface area contributed by atoms with Crippen molar-refractivity contribution in [1.29, 1.82) is 5.26 Å². The molecule has 0 unspecified atom stereocenters. The van der Waals surface area contributed by atoms with Crippen LogP contribution in [0.5, 0.6) is 0 Å². The van der Waals surface area contributed by atoms with E-state index in [1.165, 1.54) is 6.92 Å². The number of aryl methyl sites for hydroxylation is 3. The number of Topliss-reactive ketones (excluding diaryl/α,β-unsaturated/α-hetero) is 1. The van der Waals surface area contributed by atoms with Crippen LogP contribution >= 0.6 is 0 Å². The van der Waals surface area contributed by atoms with E-state index in [2.05, 4.69) is 18.4 Å². The molecule has 0 N–H and O–H groups in total. The minimum Gasteiger partial charge on any atom is -0.450 e. The Bertz CT molecular complexity index is 1050. The second-order valence-corrected chi connectivity index (χ2v) is 8.54. The molecule has 0 fully saturated rings. The topological polar surface area (TPSA) is 72.1 Å². The largest absolute Gasteiger partial charge is 0.450 e. The summed E-state index contributed by atoms with van der Waals surface area (Å²) in [5, 5.41) is 9.53. The van der Waals surface area contributed by atoms with Gasteiger partial charge in [-0.05, 0) is 81.9 Å². The molecule has 0 spiro atoms. The van der Waals surface area contributed by atoms with Crippen LogP contribution in [0.15, 0.2) is 29.8 Å². The molecule has 0 radical (unpaired) electrons. The summed E-state index contributed by atoms with van der Waals surface area (Å²) in [6.45, 7) is 14.7. The number of hydrogen-bond donors (Lipinski definition) is 0. The zero-order chi connectivity index (χ0) is 23.3. The van der Waals surface area contributed by atoms with E-state index in [4.69, 9.17) is 4.74 Å². The lowest BCUT2D eigenvalue weighted by Gasteiger charge is -2.13. The second kappa shape index (κ2) is 10.3. The molecule has 0 saturated heterocycles. The Hall–Kier alpha value is -3.13. The minimum absolute atomic E-state index is 0.121. The average molecular weight is 421 g/mol. The molecule has 1 aromatic heterocycles. The lowest BCUT2D eigenvalue weighted by Crippen LogP contribution is -2.25. The predicted octanol–water partition coefficient (Wildman–Crippen LogP) is 5.49. The number of carbonyl (C=O) groups is 2. The highest BCUT2D eigenvalue weighted by Crippen LogP contribution is 2.21. The molecule has 164 valence electrons. The summed E-state index contributed by atoms with van der Waals surface area (Å²) < 4.78 is 7.52. The maximum atomic E-state index is 12.7. The Balaban J connectivity index is 2.19. The van der Waals surface area contributed by atoms with Gasteiger partial charge in [-0.1, -0.05) is 26.0 Å². The van der Waals surface area contributed by atoms with Crippen LogP contribution in [0, 0.1) is 44.9 Å². The summed E-state index contributed by atoms with van der Waals surface area (Å²) in [6, 6.07) is 9.26. The fourth-order valence-corrected chi connectivity index (χ4v) is 3.40.